The molecule has 2 heterocycles. The SMILES string of the molecule is CC1CNCCC1NC(=O)c1sccc1S(=O)(=O)C(F)F. The summed E-state index contributed by atoms with van der Waals surface area (Å²) in [6.07, 6.45) is 0.717. The Morgan fingerprint density at radius 1 is 1.52 bits per heavy atom. The third-order valence-corrected chi connectivity index (χ3v) is 5.94. The van der Waals surface area contributed by atoms with Crippen LogP contribution in [0, 0.1) is 5.92 Å². The van der Waals surface area contributed by atoms with Crippen LogP contribution in [0.2, 0.25) is 0 Å². The number of carbonyl (C=O) groups is 1. The predicted molar refractivity (Wildman–Crippen MR) is 75.4 cm³/mol. The summed E-state index contributed by atoms with van der Waals surface area (Å²) in [6.45, 7) is 3.46. The number of hydrogen-bond donors (Lipinski definition) is 2. The summed E-state index contributed by atoms with van der Waals surface area (Å²) in [7, 11) is -4.76. The molecule has 1 aliphatic heterocycles. The number of halogens is 2. The molecule has 0 radical (unpaired) electrons. The van der Waals surface area contributed by atoms with Crippen molar-refractivity contribution < 1.29 is 22.0 Å². The first-order valence-corrected chi connectivity index (χ1v) is 8.87. The predicted octanol–water partition coefficient (Wildman–Crippen LogP) is 1.47. The molecule has 1 aromatic heterocycles. The van der Waals surface area contributed by atoms with Crippen LogP contribution in [0.15, 0.2) is 16.3 Å². The second kappa shape index (κ2) is 6.37. The molecule has 0 aromatic carbocycles. The Morgan fingerprint density at radius 3 is 2.86 bits per heavy atom. The molecule has 0 saturated carbocycles. The van der Waals surface area contributed by atoms with E-state index >= 15 is 0 Å². The van der Waals surface area contributed by atoms with Gasteiger partial charge in [-0.1, -0.05) is 6.92 Å². The van der Waals surface area contributed by atoms with Gasteiger partial charge < -0.3 is 10.6 Å². The summed E-state index contributed by atoms with van der Waals surface area (Å²) in [6, 6.07) is 0.954. The molecular weight excluding hydrogens is 322 g/mol. The molecule has 2 N–H and O–H groups in total. The highest BCUT2D eigenvalue weighted by molar-refractivity contribution is 7.92. The molecule has 2 rings (SSSR count). The molecule has 1 saturated heterocycles. The van der Waals surface area contributed by atoms with Crippen LogP contribution in [0.3, 0.4) is 0 Å². The van der Waals surface area contributed by atoms with Crippen molar-refractivity contribution in [1.82, 2.24) is 10.6 Å². The number of carbonyl (C=O) groups excluding carboxylic acids is 1. The zero-order valence-electron chi connectivity index (χ0n) is 11.3. The fourth-order valence-electron chi connectivity index (χ4n) is 2.25. The lowest BCUT2D eigenvalue weighted by molar-refractivity contribution is 0.0915. The van der Waals surface area contributed by atoms with Gasteiger partial charge in [-0.25, -0.2) is 8.42 Å². The van der Waals surface area contributed by atoms with E-state index in [0.29, 0.717) is 0 Å². The maximum Gasteiger partial charge on any atom is 0.341 e. The van der Waals surface area contributed by atoms with Crippen molar-refractivity contribution in [2.45, 2.75) is 30.0 Å². The lowest BCUT2D eigenvalue weighted by atomic mass is 9.95. The van der Waals surface area contributed by atoms with E-state index in [4.69, 9.17) is 0 Å². The van der Waals surface area contributed by atoms with Crippen LogP contribution in [0.1, 0.15) is 23.0 Å². The second-order valence-electron chi connectivity index (χ2n) is 4.97. The molecule has 5 nitrogen and oxygen atoms in total. The monoisotopic (exact) mass is 338 g/mol. The Balaban J connectivity index is 2.19. The Bertz CT molecular complexity index is 616. The smallest absolute Gasteiger partial charge is 0.341 e. The highest BCUT2D eigenvalue weighted by atomic mass is 32.2. The largest absolute Gasteiger partial charge is 0.348 e. The molecule has 21 heavy (non-hydrogen) atoms. The number of piperidine rings is 1. The third-order valence-electron chi connectivity index (χ3n) is 3.48. The van der Waals surface area contributed by atoms with E-state index < -0.39 is 26.4 Å². The Morgan fingerprint density at radius 2 is 2.24 bits per heavy atom. The first-order valence-electron chi connectivity index (χ1n) is 6.45. The summed E-state index contributed by atoms with van der Waals surface area (Å²) >= 11 is 0.852. The van der Waals surface area contributed by atoms with Crippen molar-refractivity contribution >= 4 is 27.1 Å². The van der Waals surface area contributed by atoms with Crippen LogP contribution in [-0.4, -0.2) is 39.2 Å². The van der Waals surface area contributed by atoms with Crippen molar-refractivity contribution in [1.29, 1.82) is 0 Å². The van der Waals surface area contributed by atoms with Crippen LogP contribution in [0.5, 0.6) is 0 Å². The normalized spacial score (nSPS) is 23.2. The Hall–Kier alpha value is -1.06. The summed E-state index contributed by atoms with van der Waals surface area (Å²) in [4.78, 5) is 11.4. The molecule has 2 unspecified atom stereocenters. The first kappa shape index (κ1) is 16.3. The van der Waals surface area contributed by atoms with Crippen molar-refractivity contribution in [3.8, 4) is 0 Å². The van der Waals surface area contributed by atoms with E-state index in [0.717, 1.165) is 36.9 Å². The van der Waals surface area contributed by atoms with Gasteiger partial charge in [0, 0.05) is 6.04 Å². The molecule has 0 aliphatic carbocycles. The molecule has 1 aromatic rings. The van der Waals surface area contributed by atoms with E-state index in [-0.39, 0.29) is 16.8 Å². The lowest BCUT2D eigenvalue weighted by Gasteiger charge is -2.30. The van der Waals surface area contributed by atoms with Crippen molar-refractivity contribution in [2.24, 2.45) is 5.92 Å². The number of rotatable bonds is 4. The number of sulfone groups is 1. The van der Waals surface area contributed by atoms with Crippen molar-refractivity contribution in [2.75, 3.05) is 13.1 Å². The van der Waals surface area contributed by atoms with E-state index in [1.807, 2.05) is 6.92 Å². The van der Waals surface area contributed by atoms with E-state index in [9.17, 15) is 22.0 Å². The third kappa shape index (κ3) is 3.41. The van der Waals surface area contributed by atoms with E-state index in [1.54, 1.807) is 0 Å². The molecule has 9 heteroatoms. The molecule has 2 atom stereocenters. The van der Waals surface area contributed by atoms with E-state index in [1.165, 1.54) is 5.38 Å². The quantitative estimate of drug-likeness (QED) is 0.872. The highest BCUT2D eigenvalue weighted by Crippen LogP contribution is 2.27. The maximum absolute atomic E-state index is 12.6. The van der Waals surface area contributed by atoms with Gasteiger partial charge in [-0.3, -0.25) is 4.79 Å². The first-order chi connectivity index (χ1) is 9.84. The van der Waals surface area contributed by atoms with Gasteiger partial charge in [-0.15, -0.1) is 11.3 Å². The average Bonchev–Trinajstić information content (AvgIpc) is 2.91. The number of nitrogens with one attached hydrogen (secondary N) is 2. The number of amides is 1. The number of thiophene rings is 1. The van der Waals surface area contributed by atoms with Crippen molar-refractivity contribution in [3.05, 3.63) is 16.3 Å². The zero-order valence-corrected chi connectivity index (χ0v) is 12.9. The molecule has 1 fully saturated rings. The topological polar surface area (TPSA) is 75.3 Å². The van der Waals surface area contributed by atoms with Crippen LogP contribution < -0.4 is 10.6 Å². The summed E-state index contributed by atoms with van der Waals surface area (Å²) in [5, 5.41) is 7.25. The van der Waals surface area contributed by atoms with Crippen LogP contribution in [0.4, 0.5) is 8.78 Å². The van der Waals surface area contributed by atoms with Gasteiger partial charge in [0.1, 0.15) is 4.88 Å². The van der Waals surface area contributed by atoms with Gasteiger partial charge in [-0.2, -0.15) is 8.78 Å². The van der Waals surface area contributed by atoms with Crippen LogP contribution >= 0.6 is 11.3 Å². The van der Waals surface area contributed by atoms with Gasteiger partial charge in [0.2, 0.25) is 9.84 Å². The standard InChI is InChI=1S/C12H16F2N2O3S2/c1-7-6-15-4-2-8(7)16-11(17)10-9(3-5-20-10)21(18,19)12(13)14/h3,5,7-8,12,15H,2,4,6H2,1H3,(H,16,17). The highest BCUT2D eigenvalue weighted by Gasteiger charge is 2.33. The molecule has 1 amide bonds. The Kier molecular flexibility index (Phi) is 4.95. The average molecular weight is 338 g/mol. The Labute approximate surface area is 125 Å². The minimum absolute atomic E-state index is 0.0945. The minimum Gasteiger partial charge on any atom is -0.348 e. The fourth-order valence-corrected chi connectivity index (χ4v) is 4.32. The van der Waals surface area contributed by atoms with Crippen LogP contribution in [-0.2, 0) is 9.84 Å². The van der Waals surface area contributed by atoms with Gasteiger partial charge in [0.05, 0.1) is 4.90 Å². The molecule has 0 bridgehead atoms. The molecule has 1 aliphatic rings. The van der Waals surface area contributed by atoms with E-state index in [2.05, 4.69) is 10.6 Å². The second-order valence-corrected chi connectivity index (χ2v) is 7.77. The fraction of sp³-hybridized carbons (Fsp3) is 0.583. The van der Waals surface area contributed by atoms with Gasteiger partial charge in [-0.05, 0) is 36.9 Å². The van der Waals surface area contributed by atoms with Crippen molar-refractivity contribution in [3.63, 3.8) is 0 Å². The molecule has 0 spiro atoms. The number of alkyl halides is 2. The lowest BCUT2D eigenvalue weighted by Crippen LogP contribution is -2.48. The van der Waals surface area contributed by atoms with Gasteiger partial charge >= 0.3 is 5.76 Å². The maximum atomic E-state index is 12.6. The molecular formula is C12H16F2N2O3S2. The molecule has 118 valence electrons. The number of hydrogen-bond acceptors (Lipinski definition) is 5. The summed E-state index contributed by atoms with van der Waals surface area (Å²) < 4.78 is 48.3. The minimum atomic E-state index is -4.76. The van der Waals surface area contributed by atoms with Gasteiger partial charge in [0.25, 0.3) is 5.91 Å². The van der Waals surface area contributed by atoms with Gasteiger partial charge in [0.15, 0.2) is 0 Å². The summed E-state index contributed by atoms with van der Waals surface area (Å²) in [5.41, 5.74) is 0. The summed E-state index contributed by atoms with van der Waals surface area (Å²) in [5.74, 6) is -3.95. The zero-order chi connectivity index (χ0) is 15.6. The van der Waals surface area contributed by atoms with Crippen LogP contribution in [0.25, 0.3) is 0 Å².